The van der Waals surface area contributed by atoms with Crippen LogP contribution >= 0.6 is 11.3 Å². The average molecular weight is 263 g/mol. The number of aromatic nitrogens is 1. The molecular weight excluding hydrogens is 246 g/mol. The normalized spacial score (nSPS) is 13.9. The van der Waals surface area contributed by atoms with Crippen LogP contribution in [0.5, 0.6) is 0 Å². The van der Waals surface area contributed by atoms with Crippen LogP contribution in [0.1, 0.15) is 24.8 Å². The molecule has 1 aromatic heterocycles. The van der Waals surface area contributed by atoms with Crippen molar-refractivity contribution in [1.82, 2.24) is 15.0 Å². The van der Waals surface area contributed by atoms with Crippen LogP contribution in [0.2, 0.25) is 0 Å². The molecule has 0 amide bonds. The highest BCUT2D eigenvalue weighted by atomic mass is 32.2. The molecule has 1 aromatic rings. The van der Waals surface area contributed by atoms with E-state index in [1.807, 2.05) is 6.92 Å². The molecule has 0 saturated heterocycles. The average Bonchev–Trinajstić information content (AvgIpc) is 2.69. The Hall–Kier alpha value is -0.500. The van der Waals surface area contributed by atoms with Gasteiger partial charge in [0, 0.05) is 30.2 Å². The van der Waals surface area contributed by atoms with Crippen molar-refractivity contribution in [3.05, 3.63) is 16.6 Å². The fourth-order valence-corrected chi connectivity index (χ4v) is 2.87. The Morgan fingerprint density at radius 3 is 2.88 bits per heavy atom. The van der Waals surface area contributed by atoms with Crippen molar-refractivity contribution in [1.29, 1.82) is 0 Å². The Labute approximate surface area is 100 Å². The van der Waals surface area contributed by atoms with Gasteiger partial charge in [-0.05, 0) is 6.92 Å². The third-order valence-corrected chi connectivity index (χ3v) is 4.49. The maximum atomic E-state index is 11.3. The summed E-state index contributed by atoms with van der Waals surface area (Å²) in [4.78, 5) is 5.09. The number of thiazole rings is 1. The Bertz CT molecular complexity index is 389. The molecule has 1 atom stereocenters. The molecule has 7 heteroatoms. The second-order valence-corrected chi connectivity index (χ2v) is 6.24. The molecule has 0 fully saturated rings. The number of nitrogens with one attached hydrogen (secondary N) is 2. The molecule has 0 aliphatic rings. The zero-order valence-electron chi connectivity index (χ0n) is 9.43. The molecule has 1 unspecified atom stereocenters. The zero-order valence-corrected chi connectivity index (χ0v) is 11.1. The van der Waals surface area contributed by atoms with Crippen molar-refractivity contribution in [3.63, 3.8) is 0 Å². The van der Waals surface area contributed by atoms with E-state index < -0.39 is 10.0 Å². The SMILES string of the molecule is CCNS(=O)(=O)CCNC(C)c1cncs1. The molecule has 1 rings (SSSR count). The summed E-state index contributed by atoms with van der Waals surface area (Å²) in [5, 5.41) is 3.15. The lowest BCUT2D eigenvalue weighted by atomic mass is 10.3. The summed E-state index contributed by atoms with van der Waals surface area (Å²) in [5.74, 6) is 0.101. The minimum atomic E-state index is -3.12. The summed E-state index contributed by atoms with van der Waals surface area (Å²) in [5.41, 5.74) is 1.77. The molecule has 5 nitrogen and oxygen atoms in total. The van der Waals surface area contributed by atoms with E-state index in [0.29, 0.717) is 13.1 Å². The second-order valence-electron chi connectivity index (χ2n) is 3.40. The van der Waals surface area contributed by atoms with Crippen LogP contribution in [-0.4, -0.2) is 32.2 Å². The first kappa shape index (κ1) is 13.6. The van der Waals surface area contributed by atoms with Crippen molar-refractivity contribution in [2.75, 3.05) is 18.8 Å². The lowest BCUT2D eigenvalue weighted by molar-refractivity contribution is 0.566. The highest BCUT2D eigenvalue weighted by Gasteiger charge is 2.10. The topological polar surface area (TPSA) is 71.1 Å². The van der Waals surface area contributed by atoms with Crippen molar-refractivity contribution in [3.8, 4) is 0 Å². The molecular formula is C9H17N3O2S2. The van der Waals surface area contributed by atoms with Crippen LogP contribution in [0, 0.1) is 0 Å². The smallest absolute Gasteiger partial charge is 0.212 e. The molecule has 0 aliphatic carbocycles. The van der Waals surface area contributed by atoms with Gasteiger partial charge >= 0.3 is 0 Å². The van der Waals surface area contributed by atoms with Gasteiger partial charge < -0.3 is 5.32 Å². The van der Waals surface area contributed by atoms with Crippen LogP contribution < -0.4 is 10.0 Å². The van der Waals surface area contributed by atoms with Gasteiger partial charge in [-0.3, -0.25) is 4.98 Å². The van der Waals surface area contributed by atoms with Gasteiger partial charge in [0.2, 0.25) is 10.0 Å². The fraction of sp³-hybridized carbons (Fsp3) is 0.667. The summed E-state index contributed by atoms with van der Waals surface area (Å²) in [6, 6.07) is 0.143. The number of nitrogens with zero attached hydrogens (tertiary/aromatic N) is 1. The summed E-state index contributed by atoms with van der Waals surface area (Å²) in [7, 11) is -3.12. The standard InChI is InChI=1S/C9H17N3O2S2/c1-3-12-16(13,14)5-4-11-8(2)9-6-10-7-15-9/h6-8,11-12H,3-5H2,1-2H3. The van der Waals surface area contributed by atoms with Crippen LogP contribution in [-0.2, 0) is 10.0 Å². The van der Waals surface area contributed by atoms with E-state index in [2.05, 4.69) is 15.0 Å². The van der Waals surface area contributed by atoms with E-state index >= 15 is 0 Å². The van der Waals surface area contributed by atoms with Gasteiger partial charge in [0.05, 0.1) is 11.3 Å². The Morgan fingerprint density at radius 2 is 2.31 bits per heavy atom. The predicted octanol–water partition coefficient (Wildman–Crippen LogP) is 0.733. The van der Waals surface area contributed by atoms with Crippen LogP contribution in [0.4, 0.5) is 0 Å². The van der Waals surface area contributed by atoms with Crippen molar-refractivity contribution >= 4 is 21.4 Å². The maximum absolute atomic E-state index is 11.3. The number of hydrogen-bond acceptors (Lipinski definition) is 5. The third-order valence-electron chi connectivity index (χ3n) is 2.06. The lowest BCUT2D eigenvalue weighted by Crippen LogP contribution is -2.32. The largest absolute Gasteiger partial charge is 0.308 e. The summed E-state index contributed by atoms with van der Waals surface area (Å²) < 4.78 is 25.1. The number of rotatable bonds is 7. The van der Waals surface area contributed by atoms with Crippen LogP contribution in [0.25, 0.3) is 0 Å². The van der Waals surface area contributed by atoms with Crippen molar-refractivity contribution < 1.29 is 8.42 Å². The van der Waals surface area contributed by atoms with E-state index in [1.165, 1.54) is 0 Å². The molecule has 16 heavy (non-hydrogen) atoms. The van der Waals surface area contributed by atoms with E-state index in [9.17, 15) is 8.42 Å². The third kappa shape index (κ3) is 4.56. The molecule has 1 heterocycles. The van der Waals surface area contributed by atoms with Gasteiger partial charge in [0.25, 0.3) is 0 Å². The van der Waals surface area contributed by atoms with E-state index in [-0.39, 0.29) is 11.8 Å². The molecule has 0 spiro atoms. The maximum Gasteiger partial charge on any atom is 0.212 e. The Morgan fingerprint density at radius 1 is 1.56 bits per heavy atom. The predicted molar refractivity (Wildman–Crippen MR) is 66.0 cm³/mol. The Balaban J connectivity index is 2.31. The highest BCUT2D eigenvalue weighted by molar-refractivity contribution is 7.89. The molecule has 0 radical (unpaired) electrons. The van der Waals surface area contributed by atoms with Crippen molar-refractivity contribution in [2.24, 2.45) is 0 Å². The van der Waals surface area contributed by atoms with Crippen molar-refractivity contribution in [2.45, 2.75) is 19.9 Å². The minimum Gasteiger partial charge on any atom is -0.308 e. The molecule has 0 saturated carbocycles. The van der Waals surface area contributed by atoms with E-state index in [0.717, 1.165) is 4.88 Å². The van der Waals surface area contributed by atoms with E-state index in [4.69, 9.17) is 0 Å². The second kappa shape index (κ2) is 6.29. The molecule has 0 aromatic carbocycles. The first-order chi connectivity index (χ1) is 7.55. The first-order valence-electron chi connectivity index (χ1n) is 5.14. The zero-order chi connectivity index (χ0) is 12.0. The van der Waals surface area contributed by atoms with Gasteiger partial charge in [-0.2, -0.15) is 0 Å². The lowest BCUT2D eigenvalue weighted by Gasteiger charge is -2.11. The monoisotopic (exact) mass is 263 g/mol. The Kier molecular flexibility index (Phi) is 5.33. The summed E-state index contributed by atoms with van der Waals surface area (Å²) in [6.07, 6.45) is 1.79. The van der Waals surface area contributed by atoms with Gasteiger partial charge in [0.1, 0.15) is 0 Å². The fourth-order valence-electron chi connectivity index (χ4n) is 1.24. The number of sulfonamides is 1. The van der Waals surface area contributed by atoms with Gasteiger partial charge in [-0.1, -0.05) is 6.92 Å². The molecule has 0 bridgehead atoms. The van der Waals surface area contributed by atoms with Crippen LogP contribution in [0.3, 0.4) is 0 Å². The van der Waals surface area contributed by atoms with E-state index in [1.54, 1.807) is 30.0 Å². The van der Waals surface area contributed by atoms with Gasteiger partial charge in [-0.15, -0.1) is 11.3 Å². The summed E-state index contributed by atoms with van der Waals surface area (Å²) >= 11 is 1.56. The quantitative estimate of drug-likeness (QED) is 0.761. The van der Waals surface area contributed by atoms with Gasteiger partial charge in [-0.25, -0.2) is 13.1 Å². The molecule has 2 N–H and O–H groups in total. The van der Waals surface area contributed by atoms with Gasteiger partial charge in [0.15, 0.2) is 0 Å². The first-order valence-corrected chi connectivity index (χ1v) is 7.67. The molecule has 92 valence electrons. The minimum absolute atomic E-state index is 0.101. The summed E-state index contributed by atoms with van der Waals surface area (Å²) in [6.45, 7) is 4.64. The highest BCUT2D eigenvalue weighted by Crippen LogP contribution is 2.15. The number of hydrogen-bond donors (Lipinski definition) is 2. The molecule has 0 aliphatic heterocycles. The van der Waals surface area contributed by atoms with Crippen LogP contribution in [0.15, 0.2) is 11.7 Å².